The van der Waals surface area contributed by atoms with E-state index in [9.17, 15) is 0 Å². The molecule has 4 fully saturated rings. The number of piperidine rings is 3. The average Bonchev–Trinajstić information content (AvgIpc) is 2.77. The molecule has 0 aromatic carbocycles. The Balaban J connectivity index is 1.81. The van der Waals surface area contributed by atoms with E-state index in [1.54, 1.807) is 0 Å². The Kier molecular flexibility index (Phi) is 2.34. The fraction of sp³-hybridized carbons (Fsp3) is 0.357. The molecule has 0 amide bonds. The third-order valence-electron chi connectivity index (χ3n) is 3.65. The van der Waals surface area contributed by atoms with Crippen molar-refractivity contribution in [3.63, 3.8) is 0 Å². The summed E-state index contributed by atoms with van der Waals surface area (Å²) in [6.45, 7) is 6.69. The van der Waals surface area contributed by atoms with Crippen LogP contribution in [0.2, 0.25) is 0 Å². The molecule has 5 radical (unpaired) electrons. The minimum Gasteiger partial charge on any atom is -0.372 e. The molecule has 1 aliphatic carbocycles. The quantitative estimate of drug-likeness (QED) is 0.626. The summed E-state index contributed by atoms with van der Waals surface area (Å²) in [5.41, 5.74) is 2.73. The van der Waals surface area contributed by atoms with Crippen LogP contribution in [0.4, 0.5) is 0 Å². The smallest absolute Gasteiger partial charge is 0.0361 e. The third kappa shape index (κ3) is 1.62. The molecule has 0 unspecified atom stereocenters. The van der Waals surface area contributed by atoms with Gasteiger partial charge in [0.05, 0.1) is 0 Å². The van der Waals surface area contributed by atoms with Crippen molar-refractivity contribution in [2.75, 3.05) is 13.1 Å². The largest absolute Gasteiger partial charge is 0.372 e. The lowest BCUT2D eigenvalue weighted by Gasteiger charge is -2.44. The van der Waals surface area contributed by atoms with E-state index in [1.807, 2.05) is 0 Å². The summed E-state index contributed by atoms with van der Waals surface area (Å²) >= 11 is 0. The molecule has 3 heterocycles. The third-order valence-corrected chi connectivity index (χ3v) is 3.65. The van der Waals surface area contributed by atoms with Crippen molar-refractivity contribution in [3.05, 3.63) is 55.5 Å². The molecule has 2 bridgehead atoms. The second-order valence-corrected chi connectivity index (χ2v) is 4.53. The van der Waals surface area contributed by atoms with Crippen LogP contribution in [0.25, 0.3) is 0 Å². The van der Waals surface area contributed by atoms with E-state index in [0.29, 0.717) is 0 Å². The molecule has 0 spiro atoms. The number of hydrogen-bond donors (Lipinski definition) is 0. The van der Waals surface area contributed by atoms with Crippen molar-refractivity contribution >= 4 is 0 Å². The molecule has 77 valence electrons. The average molecular weight is 198 g/mol. The monoisotopic (exact) mass is 198 g/mol. The standard InChI is InChI=1S/C14H16N/c1-11-13-6-8-15(9-7-13)14(11)10-12-4-2-3-5-12/h2-5,10,13H,1,6-9H2/b14-10+. The van der Waals surface area contributed by atoms with E-state index in [4.69, 9.17) is 0 Å². The van der Waals surface area contributed by atoms with Crippen LogP contribution in [-0.4, -0.2) is 18.0 Å². The number of allylic oxidation sites excluding steroid dienone is 2. The summed E-state index contributed by atoms with van der Waals surface area (Å²) < 4.78 is 0. The lowest BCUT2D eigenvalue weighted by molar-refractivity contribution is 0.206. The zero-order valence-corrected chi connectivity index (χ0v) is 8.95. The van der Waals surface area contributed by atoms with Gasteiger partial charge >= 0.3 is 0 Å². The molecule has 3 aliphatic heterocycles. The summed E-state index contributed by atoms with van der Waals surface area (Å²) in [6.07, 6.45) is 13.4. The molecule has 1 heteroatoms. The van der Waals surface area contributed by atoms with Gasteiger partial charge in [0.25, 0.3) is 0 Å². The van der Waals surface area contributed by atoms with Gasteiger partial charge in [-0.15, -0.1) is 0 Å². The van der Waals surface area contributed by atoms with E-state index in [2.05, 4.69) is 43.2 Å². The predicted molar refractivity (Wildman–Crippen MR) is 62.0 cm³/mol. The first-order valence-electron chi connectivity index (χ1n) is 5.72. The van der Waals surface area contributed by atoms with E-state index in [0.717, 1.165) is 5.92 Å². The van der Waals surface area contributed by atoms with E-state index in [1.165, 1.54) is 43.1 Å². The van der Waals surface area contributed by atoms with Crippen molar-refractivity contribution in [2.45, 2.75) is 12.8 Å². The summed E-state index contributed by atoms with van der Waals surface area (Å²) in [4.78, 5) is 2.48. The van der Waals surface area contributed by atoms with Gasteiger partial charge in [0, 0.05) is 24.7 Å². The van der Waals surface area contributed by atoms with Gasteiger partial charge in [-0.05, 0) is 50.0 Å². The van der Waals surface area contributed by atoms with Gasteiger partial charge in [0.2, 0.25) is 0 Å². The molecule has 0 atom stereocenters. The maximum Gasteiger partial charge on any atom is 0.0361 e. The number of hydrogen-bond acceptors (Lipinski definition) is 1. The number of rotatable bonds is 1. The van der Waals surface area contributed by atoms with Crippen LogP contribution in [0.3, 0.4) is 0 Å². The van der Waals surface area contributed by atoms with Crippen LogP contribution < -0.4 is 0 Å². The maximum absolute atomic E-state index is 4.25. The van der Waals surface area contributed by atoms with Crippen LogP contribution in [0.5, 0.6) is 0 Å². The fourth-order valence-corrected chi connectivity index (χ4v) is 2.71. The van der Waals surface area contributed by atoms with Crippen molar-refractivity contribution < 1.29 is 0 Å². The van der Waals surface area contributed by atoms with Crippen LogP contribution in [0.15, 0.2) is 23.9 Å². The molecule has 0 aromatic rings. The first-order chi connectivity index (χ1) is 7.34. The highest BCUT2D eigenvalue weighted by Gasteiger charge is 2.32. The second-order valence-electron chi connectivity index (χ2n) is 4.53. The van der Waals surface area contributed by atoms with Crippen LogP contribution >= 0.6 is 0 Å². The first kappa shape index (κ1) is 9.50. The fourth-order valence-electron chi connectivity index (χ4n) is 2.71. The molecule has 15 heavy (non-hydrogen) atoms. The Morgan fingerprint density at radius 3 is 2.47 bits per heavy atom. The summed E-state index contributed by atoms with van der Waals surface area (Å²) in [5.74, 6) is 2.05. The van der Waals surface area contributed by atoms with Gasteiger partial charge in [0.1, 0.15) is 0 Å². The van der Waals surface area contributed by atoms with Crippen molar-refractivity contribution in [1.29, 1.82) is 0 Å². The Morgan fingerprint density at radius 1 is 1.20 bits per heavy atom. The van der Waals surface area contributed by atoms with Gasteiger partial charge in [-0.25, -0.2) is 0 Å². The second kappa shape index (κ2) is 3.70. The Morgan fingerprint density at radius 2 is 1.87 bits per heavy atom. The lowest BCUT2D eigenvalue weighted by Crippen LogP contribution is -2.41. The minimum atomic E-state index is 0.746. The lowest BCUT2D eigenvalue weighted by atomic mass is 9.81. The maximum atomic E-state index is 4.25. The molecule has 3 saturated heterocycles. The molecule has 0 N–H and O–H groups in total. The van der Waals surface area contributed by atoms with Gasteiger partial charge < -0.3 is 4.90 Å². The van der Waals surface area contributed by atoms with E-state index < -0.39 is 0 Å². The van der Waals surface area contributed by atoms with Gasteiger partial charge in [-0.3, -0.25) is 0 Å². The van der Waals surface area contributed by atoms with Crippen molar-refractivity contribution in [1.82, 2.24) is 4.90 Å². The zero-order valence-electron chi connectivity index (χ0n) is 8.95. The SMILES string of the molecule is C=C1/C(=C\[C]2[CH][CH][CH][CH]2)N2CCC1CC2. The Labute approximate surface area is 92.8 Å². The summed E-state index contributed by atoms with van der Waals surface area (Å²) in [6, 6.07) is 0. The summed E-state index contributed by atoms with van der Waals surface area (Å²) in [7, 11) is 0. The van der Waals surface area contributed by atoms with Crippen LogP contribution in [-0.2, 0) is 0 Å². The predicted octanol–water partition coefficient (Wildman–Crippen LogP) is 2.56. The molecule has 0 aromatic heterocycles. The highest BCUT2D eigenvalue weighted by Crippen LogP contribution is 2.39. The minimum absolute atomic E-state index is 0.746. The molecular formula is C14H16N. The van der Waals surface area contributed by atoms with E-state index >= 15 is 0 Å². The molecular weight excluding hydrogens is 182 g/mol. The van der Waals surface area contributed by atoms with Gasteiger partial charge in [0.15, 0.2) is 0 Å². The van der Waals surface area contributed by atoms with Crippen LogP contribution in [0.1, 0.15) is 12.8 Å². The molecule has 1 saturated carbocycles. The van der Waals surface area contributed by atoms with Crippen LogP contribution in [0, 0.1) is 37.5 Å². The molecule has 4 aliphatic rings. The molecule has 4 rings (SSSR count). The number of nitrogens with zero attached hydrogens (tertiary/aromatic N) is 1. The highest BCUT2D eigenvalue weighted by molar-refractivity contribution is 5.47. The zero-order chi connectivity index (χ0) is 10.3. The normalized spacial score (nSPS) is 30.8. The number of fused-ring (bicyclic) bond motifs is 3. The van der Waals surface area contributed by atoms with Crippen molar-refractivity contribution in [3.8, 4) is 0 Å². The summed E-state index contributed by atoms with van der Waals surface area (Å²) in [5, 5.41) is 0. The van der Waals surface area contributed by atoms with Gasteiger partial charge in [-0.1, -0.05) is 12.7 Å². The molecule has 1 nitrogen and oxygen atoms in total. The Bertz CT molecular complexity index is 288. The van der Waals surface area contributed by atoms with Gasteiger partial charge in [-0.2, -0.15) is 0 Å². The first-order valence-corrected chi connectivity index (χ1v) is 5.72. The van der Waals surface area contributed by atoms with Crippen molar-refractivity contribution in [2.24, 2.45) is 5.92 Å². The highest BCUT2D eigenvalue weighted by atomic mass is 15.2. The Hall–Kier alpha value is -0.720. The topological polar surface area (TPSA) is 3.24 Å². The van der Waals surface area contributed by atoms with E-state index in [-0.39, 0.29) is 0 Å².